The number of anilines is 2. The highest BCUT2D eigenvalue weighted by atomic mass is 16.5. The molecule has 0 N–H and O–H groups in total. The van der Waals surface area contributed by atoms with E-state index in [1.54, 1.807) is 48.8 Å². The van der Waals surface area contributed by atoms with Crippen LogP contribution in [0, 0.1) is 0 Å². The largest absolute Gasteiger partial charge is 0.494 e. The number of aromatic nitrogens is 1. The number of benzene rings is 2. The van der Waals surface area contributed by atoms with Crippen molar-refractivity contribution in [2.75, 3.05) is 42.6 Å². The average Bonchev–Trinajstić information content (AvgIpc) is 3.23. The molecule has 0 unspecified atom stereocenters. The molecule has 2 amide bonds. The molecule has 0 radical (unpaired) electrons. The van der Waals surface area contributed by atoms with E-state index in [1.165, 1.54) is 4.90 Å². The van der Waals surface area contributed by atoms with Gasteiger partial charge in [-0.1, -0.05) is 0 Å². The Bertz CT molecular complexity index is 1240. The molecule has 2 aliphatic rings. The highest BCUT2D eigenvalue weighted by Crippen LogP contribution is 2.28. The van der Waals surface area contributed by atoms with Crippen molar-refractivity contribution in [3.05, 3.63) is 84.2 Å². The smallest absolute Gasteiger partial charge is 0.251 e. The highest BCUT2D eigenvalue weighted by molar-refractivity contribution is 6.22. The molecule has 8 nitrogen and oxygen atoms in total. The van der Waals surface area contributed by atoms with Crippen molar-refractivity contribution >= 4 is 29.0 Å². The van der Waals surface area contributed by atoms with E-state index in [1.807, 2.05) is 31.2 Å². The summed E-state index contributed by atoms with van der Waals surface area (Å²) in [4.78, 5) is 48.1. The normalized spacial score (nSPS) is 18.5. The minimum absolute atomic E-state index is 0.0322. The van der Waals surface area contributed by atoms with Crippen LogP contribution in [0.5, 0.6) is 5.75 Å². The summed E-state index contributed by atoms with van der Waals surface area (Å²) in [5.41, 5.74) is 2.86. The van der Waals surface area contributed by atoms with Gasteiger partial charge in [0.15, 0.2) is 5.78 Å². The van der Waals surface area contributed by atoms with Crippen LogP contribution in [0.4, 0.5) is 11.4 Å². The van der Waals surface area contributed by atoms with Crippen LogP contribution in [-0.2, 0) is 9.59 Å². The molecule has 0 saturated carbocycles. The molecular weight excluding hydrogens is 456 g/mol. The third-order valence-electron chi connectivity index (χ3n) is 6.72. The van der Waals surface area contributed by atoms with E-state index in [0.29, 0.717) is 42.3 Å². The summed E-state index contributed by atoms with van der Waals surface area (Å²) in [5, 5.41) is 0. The SMILES string of the molecule is CCOc1ccc(N2C(=O)C[C@H](N3CCN(c4ccc(C(=O)c5ccncc5)cc4)CC3)C2=O)cc1. The van der Waals surface area contributed by atoms with Gasteiger partial charge < -0.3 is 9.64 Å². The highest BCUT2D eigenvalue weighted by Gasteiger charge is 2.43. The molecule has 3 aromatic rings. The molecular formula is C28H28N4O4. The fraction of sp³-hybridized carbons (Fsp3) is 0.286. The fourth-order valence-electron chi connectivity index (χ4n) is 4.82. The zero-order valence-electron chi connectivity index (χ0n) is 20.2. The summed E-state index contributed by atoms with van der Waals surface area (Å²) in [6.07, 6.45) is 3.42. The monoisotopic (exact) mass is 484 g/mol. The molecule has 2 fully saturated rings. The number of hydrogen-bond acceptors (Lipinski definition) is 7. The van der Waals surface area contributed by atoms with E-state index in [4.69, 9.17) is 4.74 Å². The Morgan fingerprint density at radius 2 is 1.47 bits per heavy atom. The van der Waals surface area contributed by atoms with Crippen molar-refractivity contribution < 1.29 is 19.1 Å². The zero-order valence-corrected chi connectivity index (χ0v) is 20.2. The number of amides is 2. The number of carbonyl (C=O) groups excluding carboxylic acids is 3. The topological polar surface area (TPSA) is 83.1 Å². The Hall–Kier alpha value is -4.04. The van der Waals surface area contributed by atoms with E-state index in [0.717, 1.165) is 18.8 Å². The third kappa shape index (κ3) is 4.72. The maximum absolute atomic E-state index is 13.2. The number of carbonyl (C=O) groups is 3. The molecule has 5 rings (SSSR count). The van der Waals surface area contributed by atoms with Crippen LogP contribution >= 0.6 is 0 Å². The van der Waals surface area contributed by atoms with Crippen molar-refractivity contribution in [2.45, 2.75) is 19.4 Å². The van der Waals surface area contributed by atoms with Gasteiger partial charge in [0.05, 0.1) is 24.8 Å². The predicted molar refractivity (Wildman–Crippen MR) is 136 cm³/mol. The number of nitrogens with zero attached hydrogens (tertiary/aromatic N) is 4. The van der Waals surface area contributed by atoms with Crippen molar-refractivity contribution in [3.8, 4) is 5.75 Å². The number of imide groups is 1. The molecule has 8 heteroatoms. The van der Waals surface area contributed by atoms with E-state index in [9.17, 15) is 14.4 Å². The van der Waals surface area contributed by atoms with E-state index in [-0.39, 0.29) is 24.0 Å². The lowest BCUT2D eigenvalue weighted by molar-refractivity contribution is -0.123. The van der Waals surface area contributed by atoms with Gasteiger partial charge in [0.2, 0.25) is 5.91 Å². The first-order valence-corrected chi connectivity index (χ1v) is 12.2. The summed E-state index contributed by atoms with van der Waals surface area (Å²) in [6, 6.07) is 17.7. The maximum Gasteiger partial charge on any atom is 0.251 e. The van der Waals surface area contributed by atoms with Gasteiger partial charge in [-0.25, -0.2) is 4.90 Å². The third-order valence-corrected chi connectivity index (χ3v) is 6.72. The number of pyridine rings is 1. The lowest BCUT2D eigenvalue weighted by Crippen LogP contribution is -2.52. The zero-order chi connectivity index (χ0) is 25.1. The second-order valence-corrected chi connectivity index (χ2v) is 8.85. The Kier molecular flexibility index (Phi) is 6.77. The standard InChI is InChI=1S/C28H28N4O4/c1-2-36-24-9-7-23(8-10-24)32-26(33)19-25(28(32)35)31-17-15-30(16-18-31)22-5-3-20(4-6-22)27(34)21-11-13-29-14-12-21/h3-14,25H,2,15-19H2,1H3/t25-/m0/s1. The van der Waals surface area contributed by atoms with E-state index in [2.05, 4.69) is 14.8 Å². The molecule has 0 aliphatic carbocycles. The maximum atomic E-state index is 13.2. The van der Waals surface area contributed by atoms with Gasteiger partial charge in [-0.15, -0.1) is 0 Å². The molecule has 1 atom stereocenters. The van der Waals surface area contributed by atoms with Crippen LogP contribution in [0.25, 0.3) is 0 Å². The first-order chi connectivity index (χ1) is 17.5. The van der Waals surface area contributed by atoms with Gasteiger partial charge in [0.25, 0.3) is 5.91 Å². The minimum atomic E-state index is -0.438. The number of ketones is 1. The summed E-state index contributed by atoms with van der Waals surface area (Å²) in [5.74, 6) is 0.334. The summed E-state index contributed by atoms with van der Waals surface area (Å²) >= 11 is 0. The second-order valence-electron chi connectivity index (χ2n) is 8.85. The van der Waals surface area contributed by atoms with Crippen LogP contribution in [0.3, 0.4) is 0 Å². The summed E-state index contributed by atoms with van der Waals surface area (Å²) in [7, 11) is 0. The molecule has 0 spiro atoms. The van der Waals surface area contributed by atoms with Gasteiger partial charge in [0, 0.05) is 55.4 Å². The van der Waals surface area contributed by atoms with Crippen molar-refractivity contribution in [1.29, 1.82) is 0 Å². The van der Waals surface area contributed by atoms with Gasteiger partial charge in [0.1, 0.15) is 5.75 Å². The van der Waals surface area contributed by atoms with Crippen molar-refractivity contribution in [2.24, 2.45) is 0 Å². The molecule has 0 bridgehead atoms. The van der Waals surface area contributed by atoms with Crippen molar-refractivity contribution in [3.63, 3.8) is 0 Å². The molecule has 2 saturated heterocycles. The van der Waals surface area contributed by atoms with Crippen molar-refractivity contribution in [1.82, 2.24) is 9.88 Å². The fourth-order valence-corrected chi connectivity index (χ4v) is 4.82. The first-order valence-electron chi connectivity index (χ1n) is 12.2. The predicted octanol–water partition coefficient (Wildman–Crippen LogP) is 3.17. The van der Waals surface area contributed by atoms with Crippen LogP contribution in [-0.4, -0.2) is 66.3 Å². The second kappa shape index (κ2) is 10.3. The lowest BCUT2D eigenvalue weighted by atomic mass is 10.0. The quantitative estimate of drug-likeness (QED) is 0.376. The molecule has 36 heavy (non-hydrogen) atoms. The molecule has 2 aromatic carbocycles. The number of hydrogen-bond donors (Lipinski definition) is 0. The molecule has 1 aromatic heterocycles. The average molecular weight is 485 g/mol. The van der Waals surface area contributed by atoms with E-state index >= 15 is 0 Å². The van der Waals surface area contributed by atoms with Gasteiger partial charge in [-0.2, -0.15) is 0 Å². The van der Waals surface area contributed by atoms with E-state index < -0.39 is 6.04 Å². The minimum Gasteiger partial charge on any atom is -0.494 e. The van der Waals surface area contributed by atoms with Crippen LogP contribution in [0.15, 0.2) is 73.1 Å². The Balaban J connectivity index is 1.20. The summed E-state index contributed by atoms with van der Waals surface area (Å²) in [6.45, 7) is 5.29. The molecule has 3 heterocycles. The Morgan fingerprint density at radius 1 is 0.861 bits per heavy atom. The number of piperazine rings is 1. The summed E-state index contributed by atoms with van der Waals surface area (Å²) < 4.78 is 5.46. The van der Waals surface area contributed by atoms with Crippen LogP contribution < -0.4 is 14.5 Å². The molecule has 2 aliphatic heterocycles. The Labute approximate surface area is 210 Å². The molecule has 184 valence electrons. The van der Waals surface area contributed by atoms with Crippen LogP contribution in [0.2, 0.25) is 0 Å². The van der Waals surface area contributed by atoms with Gasteiger partial charge >= 0.3 is 0 Å². The number of rotatable bonds is 7. The Morgan fingerprint density at radius 3 is 2.11 bits per heavy atom. The van der Waals surface area contributed by atoms with Gasteiger partial charge in [-0.05, 0) is 67.6 Å². The lowest BCUT2D eigenvalue weighted by Gasteiger charge is -2.38. The van der Waals surface area contributed by atoms with Gasteiger partial charge in [-0.3, -0.25) is 24.3 Å². The first kappa shape index (κ1) is 23.7. The number of ether oxygens (including phenoxy) is 1. The van der Waals surface area contributed by atoms with Crippen LogP contribution in [0.1, 0.15) is 29.3 Å².